The fourth-order valence-corrected chi connectivity index (χ4v) is 4.03. The van der Waals surface area contributed by atoms with Gasteiger partial charge in [-0.15, -0.1) is 0 Å². The predicted octanol–water partition coefficient (Wildman–Crippen LogP) is 3.14. The normalized spacial score (nSPS) is 15.9. The Morgan fingerprint density at radius 2 is 2.19 bits per heavy atom. The molecule has 7 heteroatoms. The first-order valence-electron chi connectivity index (χ1n) is 9.59. The largest absolute Gasteiger partial charge is 0.356 e. The second kappa shape index (κ2) is 11.2. The lowest BCUT2D eigenvalue weighted by atomic mass is 10.1. The number of hydrogen-bond donors (Lipinski definition) is 2. The van der Waals surface area contributed by atoms with Gasteiger partial charge in [-0.05, 0) is 48.8 Å². The fraction of sp³-hybridized carbons (Fsp3) is 0.600. The third-order valence-corrected chi connectivity index (χ3v) is 5.53. The second-order valence-electron chi connectivity index (χ2n) is 6.74. The van der Waals surface area contributed by atoms with E-state index in [1.54, 1.807) is 24.9 Å². The van der Waals surface area contributed by atoms with Gasteiger partial charge in [0.05, 0.1) is 0 Å². The number of hydrogen-bond acceptors (Lipinski definition) is 3. The zero-order valence-corrected chi connectivity index (χ0v) is 17.4. The standard InChI is InChI=1S/C20H31FN4OS/c1-4-18(25-11-5-6-19(25)26)9-10-23-20(22-2)24-13-15-7-8-17(21)12-16(15)14-27-3/h7-8,12,18H,4-6,9-11,13-14H2,1-3H3,(H2,22,23,24). The van der Waals surface area contributed by atoms with Crippen molar-refractivity contribution >= 4 is 23.6 Å². The summed E-state index contributed by atoms with van der Waals surface area (Å²) >= 11 is 1.68. The minimum atomic E-state index is -0.202. The van der Waals surface area contributed by atoms with Gasteiger partial charge in [-0.3, -0.25) is 9.79 Å². The van der Waals surface area contributed by atoms with Gasteiger partial charge in [-0.25, -0.2) is 4.39 Å². The SMILES string of the molecule is CCC(CCNC(=NC)NCc1ccc(F)cc1CSC)N1CCCC1=O. The molecule has 150 valence electrons. The van der Waals surface area contributed by atoms with Crippen LogP contribution in [0.4, 0.5) is 4.39 Å². The van der Waals surface area contributed by atoms with Crippen molar-refractivity contribution in [1.29, 1.82) is 0 Å². The molecular formula is C20H31FN4OS. The number of aliphatic imine (C=N–C) groups is 1. The van der Waals surface area contributed by atoms with Gasteiger partial charge >= 0.3 is 0 Å². The van der Waals surface area contributed by atoms with Gasteiger partial charge in [0.2, 0.25) is 5.91 Å². The lowest BCUT2D eigenvalue weighted by Crippen LogP contribution is -2.41. The number of carbonyl (C=O) groups excluding carboxylic acids is 1. The Hall–Kier alpha value is -1.76. The molecule has 1 saturated heterocycles. The minimum Gasteiger partial charge on any atom is -0.356 e. The number of thioether (sulfide) groups is 1. The average Bonchev–Trinajstić information content (AvgIpc) is 3.08. The number of guanidine groups is 1. The van der Waals surface area contributed by atoms with Crippen LogP contribution >= 0.6 is 11.8 Å². The number of carbonyl (C=O) groups is 1. The highest BCUT2D eigenvalue weighted by molar-refractivity contribution is 7.97. The molecule has 2 N–H and O–H groups in total. The van der Waals surface area contributed by atoms with Crippen molar-refractivity contribution in [2.75, 3.05) is 26.4 Å². The summed E-state index contributed by atoms with van der Waals surface area (Å²) in [5, 5.41) is 6.63. The molecule has 1 unspecified atom stereocenters. The number of nitrogens with one attached hydrogen (secondary N) is 2. The van der Waals surface area contributed by atoms with Crippen molar-refractivity contribution in [3.63, 3.8) is 0 Å². The third kappa shape index (κ3) is 6.41. The van der Waals surface area contributed by atoms with Gasteiger partial charge in [0.25, 0.3) is 0 Å². The van der Waals surface area contributed by atoms with E-state index < -0.39 is 0 Å². The van der Waals surface area contributed by atoms with Crippen LogP contribution in [-0.4, -0.2) is 49.2 Å². The van der Waals surface area contributed by atoms with E-state index in [-0.39, 0.29) is 17.8 Å². The Balaban J connectivity index is 1.83. The molecule has 0 aromatic heterocycles. The van der Waals surface area contributed by atoms with Crippen molar-refractivity contribution in [3.05, 3.63) is 35.1 Å². The molecule has 1 atom stereocenters. The van der Waals surface area contributed by atoms with Crippen molar-refractivity contribution in [2.24, 2.45) is 4.99 Å². The highest BCUT2D eigenvalue weighted by atomic mass is 32.2. The Bertz CT molecular complexity index is 653. The summed E-state index contributed by atoms with van der Waals surface area (Å²) < 4.78 is 13.5. The maximum Gasteiger partial charge on any atom is 0.222 e. The van der Waals surface area contributed by atoms with Crippen LogP contribution in [0, 0.1) is 5.82 Å². The Morgan fingerprint density at radius 1 is 1.37 bits per heavy atom. The number of rotatable bonds is 9. The van der Waals surface area contributed by atoms with E-state index in [1.165, 1.54) is 6.07 Å². The van der Waals surface area contributed by atoms with Crippen LogP contribution in [0.15, 0.2) is 23.2 Å². The summed E-state index contributed by atoms with van der Waals surface area (Å²) in [4.78, 5) is 18.2. The van der Waals surface area contributed by atoms with Gasteiger partial charge in [-0.2, -0.15) is 11.8 Å². The van der Waals surface area contributed by atoms with E-state index in [2.05, 4.69) is 22.5 Å². The van der Waals surface area contributed by atoms with Crippen molar-refractivity contribution in [2.45, 2.75) is 50.9 Å². The summed E-state index contributed by atoms with van der Waals surface area (Å²) in [7, 11) is 1.74. The van der Waals surface area contributed by atoms with Gasteiger partial charge < -0.3 is 15.5 Å². The quantitative estimate of drug-likeness (QED) is 0.499. The lowest BCUT2D eigenvalue weighted by molar-refractivity contribution is -0.129. The van der Waals surface area contributed by atoms with Gasteiger partial charge in [0.1, 0.15) is 5.82 Å². The van der Waals surface area contributed by atoms with Crippen molar-refractivity contribution in [3.8, 4) is 0 Å². The van der Waals surface area contributed by atoms with Crippen molar-refractivity contribution < 1.29 is 9.18 Å². The van der Waals surface area contributed by atoms with Crippen LogP contribution in [-0.2, 0) is 17.1 Å². The Labute approximate surface area is 166 Å². The van der Waals surface area contributed by atoms with Crippen LogP contribution in [0.3, 0.4) is 0 Å². The van der Waals surface area contributed by atoms with E-state index >= 15 is 0 Å². The maximum absolute atomic E-state index is 13.5. The molecule has 0 aliphatic carbocycles. The number of likely N-dealkylation sites (tertiary alicyclic amines) is 1. The number of nitrogens with zero attached hydrogens (tertiary/aromatic N) is 2. The lowest BCUT2D eigenvalue weighted by Gasteiger charge is -2.27. The summed E-state index contributed by atoms with van der Waals surface area (Å²) in [6.45, 7) is 4.36. The molecule has 1 aliphatic rings. The highest BCUT2D eigenvalue weighted by Crippen LogP contribution is 2.18. The van der Waals surface area contributed by atoms with Crippen LogP contribution in [0.1, 0.15) is 43.7 Å². The smallest absolute Gasteiger partial charge is 0.222 e. The van der Waals surface area contributed by atoms with Gasteiger partial charge in [0.15, 0.2) is 5.96 Å². The molecular weight excluding hydrogens is 363 g/mol. The molecule has 1 amide bonds. The molecule has 1 aromatic rings. The third-order valence-electron chi connectivity index (χ3n) is 4.93. The zero-order chi connectivity index (χ0) is 19.6. The Kier molecular flexibility index (Phi) is 8.91. The summed E-state index contributed by atoms with van der Waals surface area (Å²) in [6, 6.07) is 5.21. The zero-order valence-electron chi connectivity index (χ0n) is 16.6. The van der Waals surface area contributed by atoms with E-state index in [0.29, 0.717) is 13.0 Å². The summed E-state index contributed by atoms with van der Waals surface area (Å²) in [6.07, 6.45) is 5.54. The van der Waals surface area contributed by atoms with Gasteiger partial charge in [0, 0.05) is 44.9 Å². The highest BCUT2D eigenvalue weighted by Gasteiger charge is 2.26. The summed E-state index contributed by atoms with van der Waals surface area (Å²) in [5.74, 6) is 1.58. The first kappa shape index (κ1) is 21.5. The molecule has 2 rings (SSSR count). The molecule has 0 spiro atoms. The summed E-state index contributed by atoms with van der Waals surface area (Å²) in [5.41, 5.74) is 2.08. The number of benzene rings is 1. The predicted molar refractivity (Wildman–Crippen MR) is 111 cm³/mol. The maximum atomic E-state index is 13.5. The first-order valence-corrected chi connectivity index (χ1v) is 11.0. The van der Waals surface area contributed by atoms with Crippen molar-refractivity contribution in [1.82, 2.24) is 15.5 Å². The van der Waals surface area contributed by atoms with E-state index in [4.69, 9.17) is 0 Å². The van der Waals surface area contributed by atoms with Crippen LogP contribution < -0.4 is 10.6 Å². The average molecular weight is 395 g/mol. The minimum absolute atomic E-state index is 0.202. The van der Waals surface area contributed by atoms with E-state index in [1.807, 2.05) is 17.2 Å². The first-order chi connectivity index (χ1) is 13.1. The van der Waals surface area contributed by atoms with Gasteiger partial charge in [-0.1, -0.05) is 13.0 Å². The molecule has 1 heterocycles. The van der Waals surface area contributed by atoms with E-state index in [0.717, 1.165) is 55.2 Å². The molecule has 1 fully saturated rings. The number of halogens is 1. The van der Waals surface area contributed by atoms with Crippen LogP contribution in [0.2, 0.25) is 0 Å². The molecule has 0 radical (unpaired) electrons. The topological polar surface area (TPSA) is 56.7 Å². The number of amides is 1. The monoisotopic (exact) mass is 394 g/mol. The molecule has 1 aliphatic heterocycles. The van der Waals surface area contributed by atoms with E-state index in [9.17, 15) is 9.18 Å². The molecule has 1 aromatic carbocycles. The second-order valence-corrected chi connectivity index (χ2v) is 7.61. The fourth-order valence-electron chi connectivity index (χ4n) is 3.45. The molecule has 27 heavy (non-hydrogen) atoms. The molecule has 0 saturated carbocycles. The Morgan fingerprint density at radius 3 is 2.81 bits per heavy atom. The molecule has 5 nitrogen and oxygen atoms in total. The van der Waals surface area contributed by atoms with Crippen LogP contribution in [0.25, 0.3) is 0 Å². The molecule has 0 bridgehead atoms. The van der Waals surface area contributed by atoms with Crippen LogP contribution in [0.5, 0.6) is 0 Å².